The van der Waals surface area contributed by atoms with Gasteiger partial charge in [0.1, 0.15) is 55.0 Å². The highest BCUT2D eigenvalue weighted by Crippen LogP contribution is 2.37. The van der Waals surface area contributed by atoms with Crippen molar-refractivity contribution in [3.8, 4) is 63.0 Å². The second kappa shape index (κ2) is 42.8. The van der Waals surface area contributed by atoms with Gasteiger partial charge in [-0.15, -0.1) is 25.5 Å². The highest BCUT2D eigenvalue weighted by Gasteiger charge is 2.34. The molecule has 2 amide bonds. The van der Waals surface area contributed by atoms with Crippen LogP contribution in [0.2, 0.25) is 5.15 Å². The van der Waals surface area contributed by atoms with Gasteiger partial charge in [0.2, 0.25) is 0 Å². The Morgan fingerprint density at radius 3 is 1.11 bits per heavy atom. The molecule has 0 radical (unpaired) electrons. The number of rotatable bonds is 20. The number of hydrogen-bond acceptors (Lipinski definition) is 22. The minimum Gasteiger partial charge on any atom is -0.478 e. The third-order valence-corrected chi connectivity index (χ3v) is 18.5. The van der Waals surface area contributed by atoms with Crippen molar-refractivity contribution in [3.05, 3.63) is 322 Å². The molecule has 0 saturated heterocycles. The van der Waals surface area contributed by atoms with E-state index >= 15 is 0 Å². The SMILES string of the molecule is Cc1cc(-c2ncn(/C=C(/C#N)c3ccncc3)n2)cc(C(F)(F)F)c1.Cc1cc(-c2ncn(/C=C(/C(=O)O)c3cncc(F)c3)n2)cc(C(F)(F)F)c1.Cc1cc(-c2ncn(/C=C(/C(N)=O)c3cncnc3)n2)cc(C(F)(F)F)c1.Cc1cc(C)cc(-c2ncn(/C=C(/C(=O)OC(C)C)c3ccncc3)n2)c1.Cc1cc(C)cc(-c2ncn(/C=C(/C(N)=O)c3cccnc3Cl)n2)c1. The number of aromatic nitrogens is 21. The molecule has 10 heterocycles. The molecule has 5 N–H and O–H groups in total. The number of nitrogens with zero attached hydrogens (tertiary/aromatic N) is 22. The van der Waals surface area contributed by atoms with Crippen molar-refractivity contribution in [1.29, 1.82) is 5.26 Å². The summed E-state index contributed by atoms with van der Waals surface area (Å²) in [5.74, 6) is -2.50. The molecule has 15 aromatic rings. The third kappa shape index (κ3) is 27.1. The molecule has 0 aliphatic carbocycles. The van der Waals surface area contributed by atoms with E-state index in [9.17, 15) is 73.5 Å². The van der Waals surface area contributed by atoms with Crippen LogP contribution in [-0.2, 0) is 42.4 Å². The van der Waals surface area contributed by atoms with Crippen LogP contribution >= 0.6 is 11.6 Å². The van der Waals surface area contributed by atoms with Gasteiger partial charge in [0.15, 0.2) is 29.1 Å². The van der Waals surface area contributed by atoms with E-state index in [-0.39, 0.29) is 67.7 Å². The molecular weight excluding hydrogens is 1760 g/mol. The largest absolute Gasteiger partial charge is 0.478 e. The van der Waals surface area contributed by atoms with Crippen molar-refractivity contribution in [2.75, 3.05) is 0 Å². The Morgan fingerprint density at radius 2 is 0.759 bits per heavy atom. The van der Waals surface area contributed by atoms with Gasteiger partial charge in [-0.25, -0.2) is 77.3 Å². The van der Waals surface area contributed by atoms with Crippen LogP contribution in [0.1, 0.15) is 97.3 Å². The first kappa shape index (κ1) is 96.8. The molecule has 41 heteroatoms. The van der Waals surface area contributed by atoms with Crippen molar-refractivity contribution < 1.29 is 72.9 Å². The minimum absolute atomic E-state index is 0.000497. The van der Waals surface area contributed by atoms with Gasteiger partial charge in [-0.3, -0.25) is 24.5 Å². The lowest BCUT2D eigenvalue weighted by atomic mass is 10.1. The molecule has 0 unspecified atom stereocenters. The maximum atomic E-state index is 13.3. The third-order valence-electron chi connectivity index (χ3n) is 18.2. The van der Waals surface area contributed by atoms with Gasteiger partial charge in [0.05, 0.1) is 56.9 Å². The lowest BCUT2D eigenvalue weighted by molar-refractivity contribution is -0.140. The van der Waals surface area contributed by atoms with Crippen LogP contribution < -0.4 is 11.5 Å². The summed E-state index contributed by atoms with van der Waals surface area (Å²) in [7, 11) is 0. The molecule has 0 saturated carbocycles. The van der Waals surface area contributed by atoms with Crippen molar-refractivity contribution in [2.24, 2.45) is 11.5 Å². The predicted octanol–water partition coefficient (Wildman–Crippen LogP) is 17.6. The number of ether oxygens (including phenoxy) is 1. The molecule has 0 aliphatic rings. The summed E-state index contributed by atoms with van der Waals surface area (Å²) in [5.41, 5.74) is 19.6. The molecule has 0 fully saturated rings. The Balaban J connectivity index is 0.000000160. The number of carboxylic acid groups (broad SMARTS) is 1. The summed E-state index contributed by atoms with van der Waals surface area (Å²) in [6, 6.07) is 36.1. The smallest absolute Gasteiger partial charge is 0.416 e. The van der Waals surface area contributed by atoms with Gasteiger partial charge in [-0.1, -0.05) is 46.0 Å². The number of hydrogen-bond donors (Lipinski definition) is 3. The Bertz CT molecular complexity index is 6920. The van der Waals surface area contributed by atoms with Gasteiger partial charge in [0.25, 0.3) is 11.8 Å². The number of amides is 2. The van der Waals surface area contributed by atoms with Crippen LogP contribution in [0.5, 0.6) is 0 Å². The summed E-state index contributed by atoms with van der Waals surface area (Å²) >= 11 is 6.06. The molecule has 676 valence electrons. The van der Waals surface area contributed by atoms with E-state index in [4.69, 9.17) is 27.8 Å². The molecule has 30 nitrogen and oxygen atoms in total. The van der Waals surface area contributed by atoms with E-state index in [1.54, 1.807) is 99.7 Å². The summed E-state index contributed by atoms with van der Waals surface area (Å²) in [6.07, 6.45) is 14.2. The van der Waals surface area contributed by atoms with Crippen LogP contribution in [0, 0.1) is 65.6 Å². The number of aliphatic carboxylic acids is 1. The first-order chi connectivity index (χ1) is 63.1. The van der Waals surface area contributed by atoms with Gasteiger partial charge in [-0.05, 0) is 211 Å². The van der Waals surface area contributed by atoms with E-state index in [1.165, 1.54) is 94.2 Å². The summed E-state index contributed by atoms with van der Waals surface area (Å²) < 4.78 is 142. The highest BCUT2D eigenvalue weighted by atomic mass is 35.5. The number of benzene rings is 5. The molecule has 0 bridgehead atoms. The molecule has 10 aromatic heterocycles. The Kier molecular flexibility index (Phi) is 31.2. The first-order valence-electron chi connectivity index (χ1n) is 39.2. The van der Waals surface area contributed by atoms with Crippen LogP contribution in [0.25, 0.3) is 116 Å². The number of alkyl halides is 9. The van der Waals surface area contributed by atoms with Gasteiger partial charge in [-0.2, -0.15) is 44.8 Å². The van der Waals surface area contributed by atoms with E-state index < -0.39 is 64.8 Å². The number of nitrogens with two attached hydrogens (primary N) is 2. The van der Waals surface area contributed by atoms with Crippen molar-refractivity contribution in [3.63, 3.8) is 0 Å². The molecule has 0 aliphatic heterocycles. The van der Waals surface area contributed by atoms with Gasteiger partial charge < -0.3 is 21.3 Å². The van der Waals surface area contributed by atoms with E-state index in [0.717, 1.165) is 105 Å². The van der Waals surface area contributed by atoms with Gasteiger partial charge in [0, 0.05) is 125 Å². The first-order valence-corrected chi connectivity index (χ1v) is 39.6. The number of halogens is 11. The number of allylic oxidation sites excluding steroid dienone is 1. The van der Waals surface area contributed by atoms with E-state index in [1.807, 2.05) is 71.9 Å². The van der Waals surface area contributed by atoms with Gasteiger partial charge >= 0.3 is 30.5 Å². The lowest BCUT2D eigenvalue weighted by Gasteiger charge is -2.11. The van der Waals surface area contributed by atoms with Crippen LogP contribution in [0.4, 0.5) is 43.9 Å². The molecule has 5 aromatic carbocycles. The minimum atomic E-state index is -4.52. The molecule has 133 heavy (non-hydrogen) atoms. The Labute approximate surface area is 755 Å². The normalized spacial score (nSPS) is 12.0. The van der Waals surface area contributed by atoms with Crippen molar-refractivity contribution in [1.82, 2.24) is 104 Å². The quantitative estimate of drug-likeness (QED) is 0.0210. The zero-order valence-corrected chi connectivity index (χ0v) is 72.2. The second-order valence-electron chi connectivity index (χ2n) is 29.4. The van der Waals surface area contributed by atoms with Crippen molar-refractivity contribution in [2.45, 2.75) is 86.9 Å². The number of primary amides is 2. The summed E-state index contributed by atoms with van der Waals surface area (Å²) in [5, 5.41) is 40.0. The number of carbonyl (C=O) groups excluding carboxylic acids is 3. The average Bonchev–Trinajstić information content (AvgIpc) is 1.36. The fourth-order valence-corrected chi connectivity index (χ4v) is 12.8. The van der Waals surface area contributed by atoms with Crippen LogP contribution in [-0.4, -0.2) is 139 Å². The Hall–Kier alpha value is -16.9. The number of carbonyl (C=O) groups is 4. The standard InChI is InChI=1S/C21H22N4O2.C18H16ClN5O.C18H12F4N4O2.C18H12F3N5.C17H13F3N6O/c1-14(2)27-21(26)19(17-5-7-22-8-6-17)12-25-13-23-20(24-25)18-10-15(3)9-16(4)11-18;1-11-6-12(2)8-13(7-11)18-22-10-24(23-18)9-15(17(20)25)14-4-3-5-21-16(14)19;1-10-2-11(4-13(3-10)18(20,21)22)16-24-9-26(25-16)8-15(17(27)28)12-5-14(19)7-23-6-12;1-12-6-14(8-16(7-12)18(19,20)21)17-24-11-26(25-17)10-15(9-22)13-2-4-23-5-3-13;1-10-2-11(4-13(3-10)17(18,19)20)16-24-9-26(25-16)7-14(15(21)27)12-5-22-8-23-6-12/h5-14H,1-4H3;3-10H,1-2H3,(H2,20,25);2-9H,1H3,(H,27,28);2-8,10-11H,1H3;2-9H,1H3,(H2,21,27)/b19-12+;15-9+;15-8+;15-10-;14-7+. The molecule has 15 rings (SSSR count). The van der Waals surface area contributed by atoms with Crippen LogP contribution in [0.3, 0.4) is 0 Å². The lowest BCUT2D eigenvalue weighted by Crippen LogP contribution is -2.14. The maximum absolute atomic E-state index is 13.3. The second-order valence-corrected chi connectivity index (χ2v) is 29.8. The maximum Gasteiger partial charge on any atom is 0.416 e. The number of aryl methyl sites for hydroxylation is 7. The zero-order chi connectivity index (χ0) is 96.2. The predicted molar refractivity (Wildman–Crippen MR) is 473 cm³/mol. The summed E-state index contributed by atoms with van der Waals surface area (Å²) in [6.45, 7) is 16.4. The Morgan fingerprint density at radius 1 is 0.414 bits per heavy atom. The zero-order valence-electron chi connectivity index (χ0n) is 71.5. The van der Waals surface area contributed by atoms with Crippen LogP contribution in [0.15, 0.2) is 227 Å². The number of nitriles is 1. The fourth-order valence-electron chi connectivity index (χ4n) is 12.6. The average molecular weight is 1840 g/mol. The fraction of sp³-hybridized carbons (Fsp3) is 0.141. The van der Waals surface area contributed by atoms with E-state index in [2.05, 4.69) is 92.4 Å². The van der Waals surface area contributed by atoms with Crippen molar-refractivity contribution >= 4 is 94.2 Å². The topological polar surface area (TPSA) is 404 Å². The molecule has 0 spiro atoms. The number of pyridine rings is 4. The summed E-state index contributed by atoms with van der Waals surface area (Å²) in [4.78, 5) is 91.3. The highest BCUT2D eigenvalue weighted by molar-refractivity contribution is 6.34. The number of esters is 1. The molecule has 0 atom stereocenters. The number of carboxylic acids is 1. The monoisotopic (exact) mass is 1840 g/mol. The van der Waals surface area contributed by atoms with E-state index in [0.29, 0.717) is 61.7 Å². The molecular formula is C92H75ClF10N24O6.